The molecule has 0 aliphatic carbocycles. The van der Waals surface area contributed by atoms with Crippen molar-refractivity contribution in [2.24, 2.45) is 5.92 Å². The summed E-state index contributed by atoms with van der Waals surface area (Å²) in [5.41, 5.74) is -2.94. The molecule has 0 saturated carbocycles. The number of piperidine rings is 1. The topological polar surface area (TPSA) is 94.0 Å². The molecule has 0 bridgehead atoms. The van der Waals surface area contributed by atoms with Crippen LogP contribution in [0.5, 0.6) is 0 Å². The van der Waals surface area contributed by atoms with E-state index in [9.17, 15) is 19.8 Å². The van der Waals surface area contributed by atoms with Gasteiger partial charge >= 0.3 is 0 Å². The smallest absolute Gasteiger partial charge is 0.257 e. The van der Waals surface area contributed by atoms with Gasteiger partial charge in [-0.15, -0.1) is 0 Å². The molecule has 0 radical (unpaired) electrons. The number of hydrogen-bond acceptors (Lipinski definition) is 5. The molecule has 1 saturated heterocycles. The number of halogens is 3. The van der Waals surface area contributed by atoms with Crippen LogP contribution in [0.25, 0.3) is 0 Å². The van der Waals surface area contributed by atoms with Gasteiger partial charge in [0.2, 0.25) is 5.91 Å². The molecule has 204 valence electrons. The lowest BCUT2D eigenvalue weighted by atomic mass is 9.76. The summed E-state index contributed by atoms with van der Waals surface area (Å²) >= 11 is 12.0. The van der Waals surface area contributed by atoms with E-state index >= 15 is 4.39 Å². The van der Waals surface area contributed by atoms with Crippen LogP contribution < -0.4 is 0 Å². The number of pyridine rings is 1. The average Bonchev–Trinajstić information content (AvgIpc) is 3.13. The van der Waals surface area contributed by atoms with Crippen molar-refractivity contribution in [1.29, 1.82) is 0 Å². The van der Waals surface area contributed by atoms with E-state index in [1.54, 1.807) is 48.2 Å². The van der Waals surface area contributed by atoms with Gasteiger partial charge in [0.25, 0.3) is 5.91 Å². The van der Waals surface area contributed by atoms with E-state index in [2.05, 4.69) is 4.98 Å². The Morgan fingerprint density at radius 2 is 1.77 bits per heavy atom. The zero-order valence-corrected chi connectivity index (χ0v) is 23.0. The largest absolute Gasteiger partial charge is 0.385 e. The molecule has 3 heterocycles. The summed E-state index contributed by atoms with van der Waals surface area (Å²) < 4.78 is 16.1. The van der Waals surface area contributed by atoms with Crippen molar-refractivity contribution in [2.45, 2.75) is 44.6 Å². The summed E-state index contributed by atoms with van der Waals surface area (Å²) in [5, 5.41) is 24.5. The summed E-state index contributed by atoms with van der Waals surface area (Å²) in [4.78, 5) is 32.7. The van der Waals surface area contributed by atoms with Crippen LogP contribution in [0.2, 0.25) is 10.0 Å². The summed E-state index contributed by atoms with van der Waals surface area (Å²) in [6, 6.07) is 12.1. The highest BCUT2D eigenvalue weighted by molar-refractivity contribution is 6.30. The maximum atomic E-state index is 16.1. The first-order valence-corrected chi connectivity index (χ1v) is 13.4. The predicted molar refractivity (Wildman–Crippen MR) is 145 cm³/mol. The Morgan fingerprint density at radius 3 is 2.36 bits per heavy atom. The third kappa shape index (κ3) is 4.80. The Morgan fingerprint density at radius 1 is 1.13 bits per heavy atom. The van der Waals surface area contributed by atoms with Gasteiger partial charge in [0, 0.05) is 36.8 Å². The van der Waals surface area contributed by atoms with Crippen molar-refractivity contribution >= 4 is 35.0 Å². The summed E-state index contributed by atoms with van der Waals surface area (Å²) in [5.74, 6) is -1.71. The number of nitrogens with zero attached hydrogens (tertiary/aromatic N) is 3. The summed E-state index contributed by atoms with van der Waals surface area (Å²) in [7, 11) is 0. The van der Waals surface area contributed by atoms with E-state index in [-0.39, 0.29) is 40.6 Å². The molecule has 7 nitrogen and oxygen atoms in total. The maximum absolute atomic E-state index is 16.1. The molecule has 2 aliphatic rings. The van der Waals surface area contributed by atoms with Crippen LogP contribution in [0.15, 0.2) is 54.7 Å². The van der Waals surface area contributed by atoms with Crippen LogP contribution in [-0.4, -0.2) is 49.9 Å². The minimum atomic E-state index is -2.15. The molecule has 2 unspecified atom stereocenters. The molecule has 1 fully saturated rings. The third-order valence-electron chi connectivity index (χ3n) is 7.98. The van der Waals surface area contributed by atoms with Gasteiger partial charge in [-0.05, 0) is 67.6 Å². The molecule has 2 atom stereocenters. The zero-order valence-electron chi connectivity index (χ0n) is 21.5. The Balaban J connectivity index is 1.58. The average molecular weight is 572 g/mol. The Hall–Kier alpha value is -3.04. The van der Waals surface area contributed by atoms with Gasteiger partial charge < -0.3 is 15.1 Å². The van der Waals surface area contributed by atoms with Gasteiger partial charge in [0.1, 0.15) is 5.82 Å². The number of carbonyl (C=O) groups is 2. The lowest BCUT2D eigenvalue weighted by molar-refractivity contribution is -0.132. The van der Waals surface area contributed by atoms with Gasteiger partial charge in [-0.3, -0.25) is 19.5 Å². The van der Waals surface area contributed by atoms with E-state index in [1.165, 1.54) is 25.3 Å². The fourth-order valence-electron chi connectivity index (χ4n) is 5.67. The molecule has 1 aromatic heterocycles. The Bertz CT molecular complexity index is 1420. The fraction of sp³-hybridized carbons (Fsp3) is 0.345. The first-order chi connectivity index (χ1) is 18.4. The molecule has 2 N–H and O–H groups in total. The molecule has 10 heteroatoms. The van der Waals surface area contributed by atoms with Crippen LogP contribution in [0.3, 0.4) is 0 Å². The van der Waals surface area contributed by atoms with Crippen molar-refractivity contribution in [1.82, 2.24) is 14.8 Å². The number of likely N-dealkylation sites (tertiary alicyclic amines) is 1. The second-order valence-corrected chi connectivity index (χ2v) is 11.2. The lowest BCUT2D eigenvalue weighted by Gasteiger charge is -2.40. The van der Waals surface area contributed by atoms with E-state index in [1.807, 2.05) is 0 Å². The normalized spacial score (nSPS) is 21.2. The molecular weight excluding hydrogens is 544 g/mol. The van der Waals surface area contributed by atoms with Crippen LogP contribution in [-0.2, 0) is 22.7 Å². The number of benzene rings is 2. The number of carbonyl (C=O) groups excluding carboxylic acids is 2. The van der Waals surface area contributed by atoms with Crippen molar-refractivity contribution in [2.75, 3.05) is 13.1 Å². The number of aromatic nitrogens is 1. The second kappa shape index (κ2) is 10.2. The highest BCUT2D eigenvalue weighted by Crippen LogP contribution is 2.47. The molecule has 2 amide bonds. The SMILES string of the molecule is CC(=O)N1CCC(C(C)(O)c2cc(F)c3c(c2)C(=O)N(Cc2ccc(Cl)cn2)C3(O)c2ccc(Cl)cc2)CC1. The number of hydrogen-bond donors (Lipinski definition) is 2. The van der Waals surface area contributed by atoms with Gasteiger partial charge in [0.05, 0.1) is 34.0 Å². The highest BCUT2D eigenvalue weighted by Gasteiger charge is 2.53. The van der Waals surface area contributed by atoms with Gasteiger partial charge in [-0.2, -0.15) is 0 Å². The van der Waals surface area contributed by atoms with Crippen LogP contribution >= 0.6 is 23.2 Å². The second-order valence-electron chi connectivity index (χ2n) is 10.3. The van der Waals surface area contributed by atoms with Crippen LogP contribution in [0, 0.1) is 11.7 Å². The number of amides is 2. The van der Waals surface area contributed by atoms with Crippen molar-refractivity contribution in [3.63, 3.8) is 0 Å². The minimum absolute atomic E-state index is 0.0287. The lowest BCUT2D eigenvalue weighted by Crippen LogP contribution is -2.44. The Labute approximate surface area is 235 Å². The zero-order chi connectivity index (χ0) is 28.1. The first kappa shape index (κ1) is 27.5. The molecule has 2 aromatic carbocycles. The highest BCUT2D eigenvalue weighted by atomic mass is 35.5. The van der Waals surface area contributed by atoms with Gasteiger partial charge in [-0.25, -0.2) is 4.39 Å². The van der Waals surface area contributed by atoms with Crippen molar-refractivity contribution < 1.29 is 24.2 Å². The van der Waals surface area contributed by atoms with E-state index in [4.69, 9.17) is 23.2 Å². The first-order valence-electron chi connectivity index (χ1n) is 12.7. The van der Waals surface area contributed by atoms with Crippen LogP contribution in [0.4, 0.5) is 4.39 Å². The van der Waals surface area contributed by atoms with E-state index in [0.717, 1.165) is 4.90 Å². The predicted octanol–water partition coefficient (Wildman–Crippen LogP) is 4.84. The quantitative estimate of drug-likeness (QED) is 0.457. The standard InChI is InChI=1S/C29H28Cl2FN3O4/c1-17(36)34-11-9-18(10-12-34)28(2,38)20-13-24-26(25(32)14-20)29(39,19-3-5-21(30)6-4-19)35(27(24)37)16-23-8-7-22(31)15-33-23/h3-8,13-15,18,38-39H,9-12,16H2,1-2H3. The number of rotatable bonds is 5. The van der Waals surface area contributed by atoms with E-state index in [0.29, 0.717) is 41.7 Å². The number of fused-ring (bicyclic) bond motifs is 1. The molecule has 39 heavy (non-hydrogen) atoms. The van der Waals surface area contributed by atoms with Gasteiger partial charge in [-0.1, -0.05) is 35.3 Å². The van der Waals surface area contributed by atoms with Gasteiger partial charge in [0.15, 0.2) is 5.72 Å². The van der Waals surface area contributed by atoms with E-state index < -0.39 is 23.1 Å². The molecule has 0 spiro atoms. The monoisotopic (exact) mass is 571 g/mol. The minimum Gasteiger partial charge on any atom is -0.385 e. The molecule has 3 aromatic rings. The van der Waals surface area contributed by atoms with Crippen molar-refractivity contribution in [3.05, 3.63) is 98.5 Å². The maximum Gasteiger partial charge on any atom is 0.257 e. The molecule has 5 rings (SSSR count). The third-order valence-corrected chi connectivity index (χ3v) is 8.46. The van der Waals surface area contributed by atoms with Crippen molar-refractivity contribution in [3.8, 4) is 0 Å². The fourth-order valence-corrected chi connectivity index (χ4v) is 5.91. The summed E-state index contributed by atoms with van der Waals surface area (Å²) in [6.45, 7) is 3.95. The number of aliphatic hydroxyl groups is 2. The summed E-state index contributed by atoms with van der Waals surface area (Å²) in [6.07, 6.45) is 2.49. The molecule has 2 aliphatic heterocycles. The van der Waals surface area contributed by atoms with Crippen LogP contribution in [0.1, 0.15) is 59.4 Å². The Kier molecular flexibility index (Phi) is 7.18. The molecular formula is C29H28Cl2FN3O4.